The first kappa shape index (κ1) is 18.7. The van der Waals surface area contributed by atoms with Crippen molar-refractivity contribution in [2.75, 3.05) is 6.54 Å². The number of pyridine rings is 1. The number of thiophene rings is 1. The molecule has 0 bridgehead atoms. The lowest BCUT2D eigenvalue weighted by Crippen LogP contribution is -2.49. The lowest BCUT2D eigenvalue weighted by Gasteiger charge is -2.37. The molecule has 5 rings (SSSR count). The predicted octanol–water partition coefficient (Wildman–Crippen LogP) is 2.47. The topological polar surface area (TPSA) is 99.4 Å². The lowest BCUT2D eigenvalue weighted by molar-refractivity contribution is 0.0364. The van der Waals surface area contributed by atoms with E-state index in [2.05, 4.69) is 15.2 Å². The zero-order valence-electron chi connectivity index (χ0n) is 16.2. The maximum Gasteiger partial charge on any atom is 0.339 e. The minimum atomic E-state index is -0.358. The Hall–Kier alpha value is -3.27. The number of fused-ring (bicyclic) bond motifs is 1. The van der Waals surface area contributed by atoms with Crippen LogP contribution in [0.5, 0.6) is 5.88 Å². The molecule has 0 spiro atoms. The van der Waals surface area contributed by atoms with E-state index in [0.29, 0.717) is 34.1 Å². The van der Waals surface area contributed by atoms with Crippen LogP contribution in [0.1, 0.15) is 46.0 Å². The van der Waals surface area contributed by atoms with Gasteiger partial charge in [0.25, 0.3) is 5.91 Å². The molecule has 10 heteroatoms. The minimum absolute atomic E-state index is 0.0749. The van der Waals surface area contributed by atoms with Gasteiger partial charge in [0.2, 0.25) is 5.88 Å². The van der Waals surface area contributed by atoms with Crippen LogP contribution in [0.15, 0.2) is 36.1 Å². The Bertz CT molecular complexity index is 1100. The Morgan fingerprint density at radius 1 is 1.23 bits per heavy atom. The Morgan fingerprint density at radius 2 is 2.07 bits per heavy atom. The highest BCUT2D eigenvalue weighted by Gasteiger charge is 2.34. The third-order valence-electron chi connectivity index (χ3n) is 5.44. The summed E-state index contributed by atoms with van der Waals surface area (Å²) in [5, 5.41) is 10.9. The van der Waals surface area contributed by atoms with E-state index >= 15 is 0 Å². The summed E-state index contributed by atoms with van der Waals surface area (Å²) < 4.78 is 11.2. The molecule has 9 nitrogen and oxygen atoms in total. The average molecular weight is 425 g/mol. The smallest absolute Gasteiger partial charge is 0.339 e. The summed E-state index contributed by atoms with van der Waals surface area (Å²) in [6.45, 7) is 2.64. The largest absolute Gasteiger partial charge is 0.472 e. The molecule has 154 valence electrons. The molecular weight excluding hydrogens is 406 g/mol. The van der Waals surface area contributed by atoms with Gasteiger partial charge in [0, 0.05) is 12.2 Å². The number of likely N-dealkylation sites (tertiary alicyclic amines) is 1. The summed E-state index contributed by atoms with van der Waals surface area (Å²) in [4.78, 5) is 32.7. The van der Waals surface area contributed by atoms with Crippen molar-refractivity contribution in [3.05, 3.63) is 52.8 Å². The van der Waals surface area contributed by atoms with E-state index in [0.717, 1.165) is 12.8 Å². The molecule has 5 heterocycles. The van der Waals surface area contributed by atoms with Crippen LogP contribution < -0.4 is 4.74 Å². The molecular formula is C20H19N5O4S. The van der Waals surface area contributed by atoms with Crippen LogP contribution in [0.3, 0.4) is 0 Å². The first-order valence-corrected chi connectivity index (χ1v) is 10.6. The molecule has 0 aromatic carbocycles. The van der Waals surface area contributed by atoms with Gasteiger partial charge in [-0.25, -0.2) is 9.78 Å². The first-order chi connectivity index (χ1) is 14.6. The van der Waals surface area contributed by atoms with E-state index < -0.39 is 0 Å². The molecule has 3 aromatic heterocycles. The molecule has 2 atom stereocenters. The van der Waals surface area contributed by atoms with Gasteiger partial charge in [-0.1, -0.05) is 0 Å². The molecule has 1 saturated heterocycles. The summed E-state index contributed by atoms with van der Waals surface area (Å²) in [5.41, 5.74) is 1.73. The van der Waals surface area contributed by atoms with Gasteiger partial charge < -0.3 is 14.4 Å². The van der Waals surface area contributed by atoms with Crippen molar-refractivity contribution >= 4 is 23.2 Å². The Balaban J connectivity index is 1.36. The number of carbonyl (C=O) groups is 2. The summed E-state index contributed by atoms with van der Waals surface area (Å²) in [7, 11) is 0. The molecule has 0 N–H and O–H groups in total. The number of aromatic nitrogens is 4. The average Bonchev–Trinajstić information content (AvgIpc) is 3.50. The SMILES string of the molecule is CC1CCC(Oc2nccc3c2COC3=O)CN1C(=O)c1ccsc1-n1nccn1. The third kappa shape index (κ3) is 3.22. The molecule has 1 amide bonds. The monoisotopic (exact) mass is 425 g/mol. The van der Waals surface area contributed by atoms with Crippen LogP contribution in [0.2, 0.25) is 0 Å². The number of rotatable bonds is 4. The fourth-order valence-corrected chi connectivity index (χ4v) is 4.63. The third-order valence-corrected chi connectivity index (χ3v) is 6.32. The number of cyclic esters (lactones) is 1. The maximum absolute atomic E-state index is 13.3. The molecule has 1 fully saturated rings. The molecule has 2 unspecified atom stereocenters. The number of hydrogen-bond acceptors (Lipinski definition) is 8. The fraction of sp³-hybridized carbons (Fsp3) is 0.350. The zero-order valence-corrected chi connectivity index (χ0v) is 17.0. The number of esters is 1. The summed E-state index contributed by atoms with van der Waals surface area (Å²) in [6, 6.07) is 3.52. The van der Waals surface area contributed by atoms with Gasteiger partial charge >= 0.3 is 5.97 Å². The van der Waals surface area contributed by atoms with Crippen molar-refractivity contribution in [2.45, 2.75) is 38.5 Å². The fourth-order valence-electron chi connectivity index (χ4n) is 3.83. The lowest BCUT2D eigenvalue weighted by atomic mass is 10.00. The van der Waals surface area contributed by atoms with E-state index in [4.69, 9.17) is 9.47 Å². The second-order valence-corrected chi connectivity index (χ2v) is 8.19. The molecule has 3 aromatic rings. The van der Waals surface area contributed by atoms with E-state index in [9.17, 15) is 9.59 Å². The van der Waals surface area contributed by atoms with Crippen LogP contribution >= 0.6 is 11.3 Å². The van der Waals surface area contributed by atoms with E-state index in [-0.39, 0.29) is 30.6 Å². The Morgan fingerprint density at radius 3 is 2.90 bits per heavy atom. The summed E-state index contributed by atoms with van der Waals surface area (Å²) in [5.74, 6) is -0.0279. The number of nitrogens with zero attached hydrogens (tertiary/aromatic N) is 5. The normalized spacial score (nSPS) is 20.7. The number of amides is 1. The van der Waals surface area contributed by atoms with Crippen LogP contribution in [0, 0.1) is 0 Å². The molecule has 2 aliphatic rings. The minimum Gasteiger partial charge on any atom is -0.472 e. The van der Waals surface area contributed by atoms with Gasteiger partial charge in [-0.15, -0.1) is 16.1 Å². The first-order valence-electron chi connectivity index (χ1n) is 9.68. The number of hydrogen-bond donors (Lipinski definition) is 0. The zero-order chi connectivity index (χ0) is 20.7. The quantitative estimate of drug-likeness (QED) is 0.592. The number of carbonyl (C=O) groups excluding carboxylic acids is 2. The number of ether oxygens (including phenoxy) is 2. The molecule has 0 saturated carbocycles. The van der Waals surface area contributed by atoms with Gasteiger partial charge in [0.1, 0.15) is 12.7 Å². The second-order valence-electron chi connectivity index (χ2n) is 7.30. The summed E-state index contributed by atoms with van der Waals surface area (Å²) >= 11 is 1.42. The Kier molecular flexibility index (Phi) is 4.70. The van der Waals surface area contributed by atoms with Crippen molar-refractivity contribution < 1.29 is 19.1 Å². The van der Waals surface area contributed by atoms with Crippen molar-refractivity contribution in [1.29, 1.82) is 0 Å². The van der Waals surface area contributed by atoms with Gasteiger partial charge in [-0.3, -0.25) is 4.79 Å². The number of piperidine rings is 1. The highest BCUT2D eigenvalue weighted by atomic mass is 32.1. The highest BCUT2D eigenvalue weighted by molar-refractivity contribution is 7.12. The predicted molar refractivity (Wildman–Crippen MR) is 107 cm³/mol. The van der Waals surface area contributed by atoms with Crippen LogP contribution in [-0.2, 0) is 11.3 Å². The van der Waals surface area contributed by atoms with E-state index in [1.54, 1.807) is 30.7 Å². The summed E-state index contributed by atoms with van der Waals surface area (Å²) in [6.07, 6.45) is 6.10. The van der Waals surface area contributed by atoms with Gasteiger partial charge in [-0.05, 0) is 37.3 Å². The maximum atomic E-state index is 13.3. The van der Waals surface area contributed by atoms with Crippen molar-refractivity contribution in [3.8, 4) is 10.9 Å². The van der Waals surface area contributed by atoms with Crippen molar-refractivity contribution in [2.24, 2.45) is 0 Å². The van der Waals surface area contributed by atoms with Crippen LogP contribution in [0.4, 0.5) is 0 Å². The molecule has 30 heavy (non-hydrogen) atoms. The molecule has 0 radical (unpaired) electrons. The van der Waals surface area contributed by atoms with Gasteiger partial charge in [0.05, 0.1) is 35.6 Å². The van der Waals surface area contributed by atoms with Crippen LogP contribution in [0.25, 0.3) is 5.00 Å². The van der Waals surface area contributed by atoms with Gasteiger partial charge in [0.15, 0.2) is 5.00 Å². The van der Waals surface area contributed by atoms with Crippen molar-refractivity contribution in [1.82, 2.24) is 24.9 Å². The highest BCUT2D eigenvalue weighted by Crippen LogP contribution is 2.31. The van der Waals surface area contributed by atoms with E-state index in [1.165, 1.54) is 16.1 Å². The van der Waals surface area contributed by atoms with Crippen LogP contribution in [-0.4, -0.2) is 55.4 Å². The molecule has 2 aliphatic heterocycles. The second kappa shape index (κ2) is 7.52. The van der Waals surface area contributed by atoms with Gasteiger partial charge in [-0.2, -0.15) is 10.2 Å². The molecule has 0 aliphatic carbocycles. The Labute approximate surface area is 176 Å². The van der Waals surface area contributed by atoms with E-state index in [1.807, 2.05) is 17.2 Å². The van der Waals surface area contributed by atoms with Crippen molar-refractivity contribution in [3.63, 3.8) is 0 Å². The standard InChI is InChI=1S/C20H19N5O4S/c1-12-2-3-13(29-17-16-11-28-20(27)14(16)4-6-21-17)10-24(12)18(26)15-5-9-30-19(15)25-22-7-8-23-25/h4-9,12-13H,2-3,10-11H2,1H3.